The van der Waals surface area contributed by atoms with Crippen molar-refractivity contribution in [2.45, 2.75) is 32.1 Å². The molecular weight excluding hydrogens is 494 g/mol. The van der Waals surface area contributed by atoms with Crippen molar-refractivity contribution in [1.82, 2.24) is 0 Å². The van der Waals surface area contributed by atoms with Crippen LogP contribution in [0.25, 0.3) is 0 Å². The largest absolute Gasteiger partial charge is 0.457 e. The highest BCUT2D eigenvalue weighted by Crippen LogP contribution is 2.31. The first kappa shape index (κ1) is 26.1. The Hall–Kier alpha value is -3.98. The van der Waals surface area contributed by atoms with Crippen molar-refractivity contribution < 1.29 is 31.7 Å². The molecule has 37 heavy (non-hydrogen) atoms. The number of amides is 1. The normalized spacial score (nSPS) is 15.5. The number of aryl methyl sites for hydroxylation is 3. The van der Waals surface area contributed by atoms with Gasteiger partial charge in [0.1, 0.15) is 10.6 Å². The maximum Gasteiger partial charge on any atom is 0.339 e. The molecule has 1 amide bonds. The SMILES string of the molecule is Cc1ccc(S(=O)(=O)Oc2ccc(C(=O)COC(=O)[C@@H]3CC(=O)N(c4c(C)cccc4C)C3)cc2)cc1. The summed E-state index contributed by atoms with van der Waals surface area (Å²) in [5.41, 5.74) is 3.83. The van der Waals surface area contributed by atoms with Gasteiger partial charge in [-0.2, -0.15) is 8.42 Å². The van der Waals surface area contributed by atoms with Crippen molar-refractivity contribution in [2.75, 3.05) is 18.1 Å². The summed E-state index contributed by atoms with van der Waals surface area (Å²) >= 11 is 0. The standard InChI is InChI=1S/C28H27NO7S/c1-18-7-13-24(14-8-18)37(33,34)36-23-11-9-21(10-12-23)25(30)17-35-28(32)22-15-26(31)29(16-22)27-19(2)5-4-6-20(27)3/h4-14,22H,15-17H2,1-3H3/t22-/m1/s1. The van der Waals surface area contributed by atoms with E-state index in [4.69, 9.17) is 8.92 Å². The molecule has 1 fully saturated rings. The number of hydrogen-bond donors (Lipinski definition) is 0. The lowest BCUT2D eigenvalue weighted by Crippen LogP contribution is -2.28. The molecule has 8 nitrogen and oxygen atoms in total. The summed E-state index contributed by atoms with van der Waals surface area (Å²) in [6.07, 6.45) is 0.0162. The number of anilines is 1. The number of ether oxygens (including phenoxy) is 1. The van der Waals surface area contributed by atoms with Gasteiger partial charge < -0.3 is 13.8 Å². The zero-order valence-corrected chi connectivity index (χ0v) is 21.6. The second-order valence-corrected chi connectivity index (χ2v) is 10.6. The number of para-hydroxylation sites is 1. The van der Waals surface area contributed by atoms with Gasteiger partial charge in [0.25, 0.3) is 0 Å². The number of esters is 1. The average Bonchev–Trinajstić information content (AvgIpc) is 3.24. The Balaban J connectivity index is 1.33. The van der Waals surface area contributed by atoms with Crippen LogP contribution >= 0.6 is 0 Å². The molecule has 9 heteroatoms. The summed E-state index contributed by atoms with van der Waals surface area (Å²) in [6, 6.07) is 17.5. The van der Waals surface area contributed by atoms with E-state index < -0.39 is 34.4 Å². The van der Waals surface area contributed by atoms with E-state index >= 15 is 0 Å². The molecule has 3 aromatic rings. The monoisotopic (exact) mass is 521 g/mol. The van der Waals surface area contributed by atoms with Gasteiger partial charge in [0.05, 0.1) is 5.92 Å². The van der Waals surface area contributed by atoms with Crippen LogP contribution in [0.15, 0.2) is 71.6 Å². The van der Waals surface area contributed by atoms with Crippen LogP contribution < -0.4 is 9.08 Å². The number of benzene rings is 3. The molecule has 192 valence electrons. The fourth-order valence-electron chi connectivity index (χ4n) is 4.23. The maximum atomic E-state index is 12.6. The first-order chi connectivity index (χ1) is 17.5. The van der Waals surface area contributed by atoms with Gasteiger partial charge in [-0.15, -0.1) is 0 Å². The third kappa shape index (κ3) is 5.89. The van der Waals surface area contributed by atoms with E-state index in [9.17, 15) is 22.8 Å². The molecule has 1 aliphatic heterocycles. The Morgan fingerprint density at radius 3 is 2.16 bits per heavy atom. The molecule has 4 rings (SSSR count). The third-order valence-electron chi connectivity index (χ3n) is 6.21. The predicted molar refractivity (Wildman–Crippen MR) is 137 cm³/mol. The molecule has 0 unspecified atom stereocenters. The molecule has 1 saturated heterocycles. The lowest BCUT2D eigenvalue weighted by atomic mass is 10.1. The van der Waals surface area contributed by atoms with E-state index in [0.29, 0.717) is 0 Å². The Bertz CT molecular complexity index is 1420. The van der Waals surface area contributed by atoms with Crippen LogP contribution in [0.1, 0.15) is 33.5 Å². The van der Waals surface area contributed by atoms with E-state index in [1.165, 1.54) is 36.4 Å². The summed E-state index contributed by atoms with van der Waals surface area (Å²) in [7, 11) is -4.01. The number of Topliss-reactive ketones (excluding diaryl/α,β-unsaturated/α-hetero) is 1. The van der Waals surface area contributed by atoms with Crippen molar-refractivity contribution in [3.05, 3.63) is 89.0 Å². The predicted octanol–water partition coefficient (Wildman–Crippen LogP) is 4.16. The molecule has 1 atom stereocenters. The molecular formula is C28H27NO7S. The van der Waals surface area contributed by atoms with Gasteiger partial charge in [-0.1, -0.05) is 35.9 Å². The molecule has 0 aromatic heterocycles. The van der Waals surface area contributed by atoms with Crippen LogP contribution in [0.3, 0.4) is 0 Å². The second-order valence-electron chi connectivity index (χ2n) is 9.05. The van der Waals surface area contributed by atoms with E-state index in [1.54, 1.807) is 17.0 Å². The van der Waals surface area contributed by atoms with Crippen molar-refractivity contribution >= 4 is 33.5 Å². The summed E-state index contributed by atoms with van der Waals surface area (Å²) in [6.45, 7) is 5.37. The minimum absolute atomic E-state index is 0.0162. The minimum atomic E-state index is -4.01. The summed E-state index contributed by atoms with van der Waals surface area (Å²) in [4.78, 5) is 39.3. The molecule has 0 spiro atoms. The van der Waals surface area contributed by atoms with Crippen LogP contribution in [-0.2, 0) is 24.4 Å². The molecule has 0 N–H and O–H groups in total. The first-order valence-corrected chi connectivity index (χ1v) is 13.1. The van der Waals surface area contributed by atoms with E-state index in [2.05, 4.69) is 0 Å². The van der Waals surface area contributed by atoms with E-state index in [-0.39, 0.29) is 35.1 Å². The quantitative estimate of drug-likeness (QED) is 0.249. The number of hydrogen-bond acceptors (Lipinski definition) is 7. The van der Waals surface area contributed by atoms with Gasteiger partial charge in [-0.3, -0.25) is 14.4 Å². The maximum absolute atomic E-state index is 12.6. The van der Waals surface area contributed by atoms with Crippen LogP contribution in [0.4, 0.5) is 5.69 Å². The lowest BCUT2D eigenvalue weighted by molar-refractivity contribution is -0.147. The highest BCUT2D eigenvalue weighted by atomic mass is 32.2. The molecule has 0 saturated carbocycles. The highest BCUT2D eigenvalue weighted by Gasteiger charge is 2.37. The second kappa shape index (κ2) is 10.6. The van der Waals surface area contributed by atoms with Gasteiger partial charge in [0, 0.05) is 24.2 Å². The van der Waals surface area contributed by atoms with Gasteiger partial charge in [-0.05, 0) is 68.3 Å². The molecule has 0 aliphatic carbocycles. The fourth-order valence-corrected chi connectivity index (χ4v) is 5.16. The first-order valence-electron chi connectivity index (χ1n) is 11.7. The Morgan fingerprint density at radius 2 is 1.54 bits per heavy atom. The van der Waals surface area contributed by atoms with Gasteiger partial charge in [0.15, 0.2) is 12.4 Å². The number of nitrogens with zero attached hydrogens (tertiary/aromatic N) is 1. The Labute approximate surface area is 215 Å². The smallest absolute Gasteiger partial charge is 0.339 e. The summed E-state index contributed by atoms with van der Waals surface area (Å²) in [5, 5.41) is 0. The van der Waals surface area contributed by atoms with E-state index in [1.807, 2.05) is 39.0 Å². The minimum Gasteiger partial charge on any atom is -0.457 e. The summed E-state index contributed by atoms with van der Waals surface area (Å²) < 4.78 is 35.2. The molecule has 1 aliphatic rings. The van der Waals surface area contributed by atoms with Crippen molar-refractivity contribution in [3.63, 3.8) is 0 Å². The van der Waals surface area contributed by atoms with Crippen LogP contribution in [-0.4, -0.2) is 39.2 Å². The van der Waals surface area contributed by atoms with Crippen LogP contribution in [0.2, 0.25) is 0 Å². The summed E-state index contributed by atoms with van der Waals surface area (Å²) in [5.74, 6) is -1.86. The molecule has 3 aromatic carbocycles. The zero-order valence-electron chi connectivity index (χ0n) is 20.8. The Morgan fingerprint density at radius 1 is 0.919 bits per heavy atom. The number of ketones is 1. The number of rotatable bonds is 8. The third-order valence-corrected chi connectivity index (χ3v) is 7.47. The van der Waals surface area contributed by atoms with Gasteiger partial charge >= 0.3 is 16.1 Å². The topological polar surface area (TPSA) is 107 Å². The molecule has 0 radical (unpaired) electrons. The van der Waals surface area contributed by atoms with Crippen LogP contribution in [0, 0.1) is 26.7 Å². The molecule has 0 bridgehead atoms. The number of carbonyl (C=O) groups is 3. The Kier molecular flexibility index (Phi) is 7.45. The van der Waals surface area contributed by atoms with Crippen molar-refractivity contribution in [2.24, 2.45) is 5.92 Å². The highest BCUT2D eigenvalue weighted by molar-refractivity contribution is 7.87. The van der Waals surface area contributed by atoms with Crippen molar-refractivity contribution in [1.29, 1.82) is 0 Å². The average molecular weight is 522 g/mol. The lowest BCUT2D eigenvalue weighted by Gasteiger charge is -2.21. The molecule has 1 heterocycles. The number of carbonyl (C=O) groups excluding carboxylic acids is 3. The zero-order chi connectivity index (χ0) is 26.7. The van der Waals surface area contributed by atoms with Gasteiger partial charge in [-0.25, -0.2) is 0 Å². The van der Waals surface area contributed by atoms with Gasteiger partial charge in [0.2, 0.25) is 5.91 Å². The van der Waals surface area contributed by atoms with E-state index in [0.717, 1.165) is 22.4 Å². The van der Waals surface area contributed by atoms with Crippen molar-refractivity contribution in [3.8, 4) is 5.75 Å². The van der Waals surface area contributed by atoms with Crippen LogP contribution in [0.5, 0.6) is 5.75 Å². The fraction of sp³-hybridized carbons (Fsp3) is 0.250.